The van der Waals surface area contributed by atoms with Gasteiger partial charge in [0, 0.05) is 12.8 Å². The van der Waals surface area contributed by atoms with Crippen molar-refractivity contribution in [1.82, 2.24) is 10.6 Å². The lowest BCUT2D eigenvalue weighted by Crippen LogP contribution is -2.45. The van der Waals surface area contributed by atoms with Gasteiger partial charge in [0.1, 0.15) is 25.3 Å². The molecule has 2 aromatic carbocycles. The molecule has 2 aromatic rings. The highest BCUT2D eigenvalue weighted by atomic mass is 16.5. The van der Waals surface area contributed by atoms with Gasteiger partial charge in [0.25, 0.3) is 0 Å². The van der Waals surface area contributed by atoms with E-state index in [0.717, 1.165) is 11.1 Å². The topological polar surface area (TPSA) is 111 Å². The second-order valence-electron chi connectivity index (χ2n) is 10.3. The van der Waals surface area contributed by atoms with Crippen LogP contribution in [0.5, 0.6) is 0 Å². The van der Waals surface area contributed by atoms with Crippen molar-refractivity contribution >= 4 is 23.8 Å². The molecule has 8 heteroatoms. The Morgan fingerprint density at radius 2 is 0.949 bits per heavy atom. The normalized spacial score (nSPS) is 12.5. The van der Waals surface area contributed by atoms with Crippen LogP contribution in [-0.2, 0) is 41.9 Å². The molecular weight excluding hydrogens is 496 g/mol. The van der Waals surface area contributed by atoms with Crippen LogP contribution in [0.3, 0.4) is 0 Å². The van der Waals surface area contributed by atoms with E-state index in [2.05, 4.69) is 10.6 Å². The van der Waals surface area contributed by atoms with E-state index in [9.17, 15) is 19.2 Å². The molecular formula is C31H42N2O6. The van der Waals surface area contributed by atoms with Gasteiger partial charge >= 0.3 is 11.9 Å². The summed E-state index contributed by atoms with van der Waals surface area (Å²) in [5.41, 5.74) is 1.76. The number of carbonyl (C=O) groups is 4. The highest BCUT2D eigenvalue weighted by Gasteiger charge is 2.26. The van der Waals surface area contributed by atoms with E-state index in [4.69, 9.17) is 9.47 Å². The van der Waals surface area contributed by atoms with Gasteiger partial charge in [0.05, 0.1) is 0 Å². The van der Waals surface area contributed by atoms with Crippen molar-refractivity contribution < 1.29 is 28.7 Å². The number of rotatable bonds is 16. The average molecular weight is 539 g/mol. The Kier molecular flexibility index (Phi) is 13.8. The number of nitrogens with one attached hydrogen (secondary N) is 2. The molecule has 2 N–H and O–H groups in total. The summed E-state index contributed by atoms with van der Waals surface area (Å²) < 4.78 is 10.8. The molecule has 0 fully saturated rings. The maximum Gasteiger partial charge on any atom is 0.329 e. The van der Waals surface area contributed by atoms with Gasteiger partial charge in [-0.05, 0) is 35.8 Å². The van der Waals surface area contributed by atoms with Gasteiger partial charge in [0.15, 0.2) is 0 Å². The molecule has 0 aliphatic rings. The molecule has 0 aliphatic heterocycles. The zero-order valence-electron chi connectivity index (χ0n) is 23.5. The van der Waals surface area contributed by atoms with Crippen LogP contribution in [0, 0.1) is 11.8 Å². The predicted octanol–water partition coefficient (Wildman–Crippen LogP) is 4.71. The largest absolute Gasteiger partial charge is 0.459 e. The third-order valence-electron chi connectivity index (χ3n) is 6.23. The molecule has 0 bridgehead atoms. The van der Waals surface area contributed by atoms with E-state index in [-0.39, 0.29) is 49.7 Å². The van der Waals surface area contributed by atoms with Crippen LogP contribution in [0.25, 0.3) is 0 Å². The van der Waals surface area contributed by atoms with E-state index in [0.29, 0.717) is 19.3 Å². The maximum atomic E-state index is 12.5. The Labute approximate surface area is 231 Å². The number of benzene rings is 2. The van der Waals surface area contributed by atoms with Crippen molar-refractivity contribution in [3.63, 3.8) is 0 Å². The van der Waals surface area contributed by atoms with Gasteiger partial charge in [-0.25, -0.2) is 9.59 Å². The number of ether oxygens (including phenoxy) is 2. The zero-order valence-corrected chi connectivity index (χ0v) is 23.5. The summed E-state index contributed by atoms with van der Waals surface area (Å²) in [5.74, 6) is -1.60. The molecule has 2 amide bonds. The number of hydrogen-bond donors (Lipinski definition) is 2. The number of hydrogen-bond acceptors (Lipinski definition) is 6. The SMILES string of the molecule is CC(C)[C@H](NC(=O)CCCCCC(=O)N[C@H](C(=O)OCc1ccccc1)C(C)C)C(=O)OCc1ccccc1. The Morgan fingerprint density at radius 3 is 1.28 bits per heavy atom. The summed E-state index contributed by atoms with van der Waals surface area (Å²) in [5, 5.41) is 5.57. The van der Waals surface area contributed by atoms with E-state index >= 15 is 0 Å². The van der Waals surface area contributed by atoms with Crippen LogP contribution in [0.2, 0.25) is 0 Å². The van der Waals surface area contributed by atoms with Crippen molar-refractivity contribution in [3.8, 4) is 0 Å². The molecule has 212 valence electrons. The first-order valence-electron chi connectivity index (χ1n) is 13.7. The quantitative estimate of drug-likeness (QED) is 0.237. The molecule has 2 rings (SSSR count). The predicted molar refractivity (Wildman–Crippen MR) is 149 cm³/mol. The second kappa shape index (κ2) is 17.0. The molecule has 2 atom stereocenters. The van der Waals surface area contributed by atoms with Crippen LogP contribution in [-0.4, -0.2) is 35.8 Å². The number of unbranched alkanes of at least 4 members (excludes halogenated alkanes) is 2. The van der Waals surface area contributed by atoms with Gasteiger partial charge in [-0.3, -0.25) is 9.59 Å². The lowest BCUT2D eigenvalue weighted by molar-refractivity contribution is -0.150. The van der Waals surface area contributed by atoms with Gasteiger partial charge in [-0.15, -0.1) is 0 Å². The first-order chi connectivity index (χ1) is 18.7. The maximum absolute atomic E-state index is 12.5. The fourth-order valence-corrected chi connectivity index (χ4v) is 3.87. The molecule has 0 saturated carbocycles. The van der Waals surface area contributed by atoms with Crippen molar-refractivity contribution in [2.24, 2.45) is 11.8 Å². The monoisotopic (exact) mass is 538 g/mol. The van der Waals surface area contributed by atoms with E-state index in [1.165, 1.54) is 0 Å². The number of carbonyl (C=O) groups excluding carboxylic acids is 4. The molecule has 0 aromatic heterocycles. The van der Waals surface area contributed by atoms with E-state index in [1.807, 2.05) is 88.4 Å². The third kappa shape index (κ3) is 12.1. The molecule has 0 aliphatic carbocycles. The zero-order chi connectivity index (χ0) is 28.6. The molecule has 0 spiro atoms. The van der Waals surface area contributed by atoms with Crippen molar-refractivity contribution in [1.29, 1.82) is 0 Å². The lowest BCUT2D eigenvalue weighted by atomic mass is 10.0. The fourth-order valence-electron chi connectivity index (χ4n) is 3.87. The van der Waals surface area contributed by atoms with Gasteiger partial charge in [0.2, 0.25) is 11.8 Å². The smallest absolute Gasteiger partial charge is 0.329 e. The van der Waals surface area contributed by atoms with Gasteiger partial charge in [-0.1, -0.05) is 94.8 Å². The highest BCUT2D eigenvalue weighted by molar-refractivity contribution is 5.85. The Hall–Kier alpha value is -3.68. The standard InChI is InChI=1S/C31H42N2O6/c1-22(2)28(30(36)38-20-24-14-8-5-9-15-24)32-26(34)18-12-7-13-19-27(35)33-29(23(3)4)31(37)39-21-25-16-10-6-11-17-25/h5-6,8-11,14-17,22-23,28-29H,7,12-13,18-21H2,1-4H3,(H,32,34)(H,33,35)/t28-,29-/m0/s1. The third-order valence-corrected chi connectivity index (χ3v) is 6.23. The minimum atomic E-state index is -0.721. The Morgan fingerprint density at radius 1 is 0.590 bits per heavy atom. The summed E-state index contributed by atoms with van der Waals surface area (Å²) in [7, 11) is 0. The highest BCUT2D eigenvalue weighted by Crippen LogP contribution is 2.11. The molecule has 0 saturated heterocycles. The second-order valence-corrected chi connectivity index (χ2v) is 10.3. The molecule has 0 radical (unpaired) electrons. The Balaban J connectivity index is 1.67. The minimum absolute atomic E-state index is 0.116. The van der Waals surface area contributed by atoms with Crippen molar-refractivity contribution in [2.45, 2.75) is 85.1 Å². The molecule has 39 heavy (non-hydrogen) atoms. The first kappa shape index (κ1) is 31.5. The van der Waals surface area contributed by atoms with Crippen LogP contribution >= 0.6 is 0 Å². The number of amides is 2. The van der Waals surface area contributed by atoms with Crippen LogP contribution in [0.4, 0.5) is 0 Å². The van der Waals surface area contributed by atoms with E-state index < -0.39 is 24.0 Å². The van der Waals surface area contributed by atoms with Crippen LogP contribution in [0.15, 0.2) is 60.7 Å². The minimum Gasteiger partial charge on any atom is -0.459 e. The molecule has 0 unspecified atom stereocenters. The van der Waals surface area contributed by atoms with E-state index in [1.54, 1.807) is 0 Å². The van der Waals surface area contributed by atoms with Gasteiger partial charge < -0.3 is 20.1 Å². The Bertz CT molecular complexity index is 956. The number of esters is 2. The summed E-state index contributed by atoms with van der Waals surface area (Å²) in [6, 6.07) is 17.3. The summed E-state index contributed by atoms with van der Waals surface area (Å²) in [4.78, 5) is 49.9. The summed E-state index contributed by atoms with van der Waals surface area (Å²) >= 11 is 0. The van der Waals surface area contributed by atoms with Crippen LogP contribution in [0.1, 0.15) is 70.9 Å². The fraction of sp³-hybridized carbons (Fsp3) is 0.484. The first-order valence-corrected chi connectivity index (χ1v) is 13.7. The van der Waals surface area contributed by atoms with Gasteiger partial charge in [-0.2, -0.15) is 0 Å². The van der Waals surface area contributed by atoms with Crippen molar-refractivity contribution in [3.05, 3.63) is 71.8 Å². The lowest BCUT2D eigenvalue weighted by Gasteiger charge is -2.21. The molecule has 8 nitrogen and oxygen atoms in total. The summed E-state index contributed by atoms with van der Waals surface area (Å²) in [6.45, 7) is 7.74. The summed E-state index contributed by atoms with van der Waals surface area (Å²) in [6.07, 6.45) is 2.32. The average Bonchev–Trinajstić information content (AvgIpc) is 2.92. The van der Waals surface area contributed by atoms with Crippen molar-refractivity contribution in [2.75, 3.05) is 0 Å². The van der Waals surface area contributed by atoms with Crippen LogP contribution < -0.4 is 10.6 Å². The molecule has 0 heterocycles.